The minimum Gasteiger partial charge on any atom is -0.393 e. The van der Waals surface area contributed by atoms with Gasteiger partial charge in [0.05, 0.1) is 11.7 Å². The minimum atomic E-state index is -0.822. The highest BCUT2D eigenvalue weighted by atomic mass is 32.2. The first kappa shape index (κ1) is 25.5. The summed E-state index contributed by atoms with van der Waals surface area (Å²) in [4.78, 5) is 18.8. The molecule has 38 heavy (non-hydrogen) atoms. The average molecular weight is 538 g/mol. The van der Waals surface area contributed by atoms with Crippen LogP contribution in [0.2, 0.25) is 0 Å². The van der Waals surface area contributed by atoms with E-state index in [1.165, 1.54) is 12.7 Å². The normalized spacial score (nSPS) is 47.8. The molecule has 1 aromatic heterocycles. The van der Waals surface area contributed by atoms with E-state index in [9.17, 15) is 15.0 Å². The predicted octanol–water partition coefficient (Wildman–Crippen LogP) is 5.64. The molecule has 0 aliphatic heterocycles. The molecule has 7 heteroatoms. The van der Waals surface area contributed by atoms with Crippen molar-refractivity contribution in [3.8, 4) is 0 Å². The van der Waals surface area contributed by atoms with Gasteiger partial charge in [-0.1, -0.05) is 63.1 Å². The fourth-order valence-electron chi connectivity index (χ4n) is 10.6. The lowest BCUT2D eigenvalue weighted by Crippen LogP contribution is -2.67. The summed E-state index contributed by atoms with van der Waals surface area (Å²) in [5, 5.41) is 30.8. The summed E-state index contributed by atoms with van der Waals surface area (Å²) in [7, 11) is 0. The van der Waals surface area contributed by atoms with Crippen LogP contribution in [0.5, 0.6) is 0 Å². The molecular formula is C31H43N3O3S. The summed E-state index contributed by atoms with van der Waals surface area (Å²) < 4.78 is 0. The summed E-state index contributed by atoms with van der Waals surface area (Å²) >= 11 is 1.56. The number of aliphatic hydroxyl groups is 2. The maximum absolute atomic E-state index is 14.5. The fraction of sp³-hybridized carbons (Fsp3) is 0.774. The number of hydrogen-bond donors (Lipinski definition) is 3. The Kier molecular flexibility index (Phi) is 5.73. The lowest BCUT2D eigenvalue weighted by molar-refractivity contribution is -0.171. The van der Waals surface area contributed by atoms with Gasteiger partial charge < -0.3 is 10.2 Å². The minimum absolute atomic E-state index is 0.0357. The van der Waals surface area contributed by atoms with Crippen LogP contribution in [0.1, 0.15) is 90.9 Å². The van der Waals surface area contributed by atoms with Gasteiger partial charge in [-0.05, 0) is 75.0 Å². The largest absolute Gasteiger partial charge is 0.393 e. The van der Waals surface area contributed by atoms with Crippen molar-refractivity contribution in [2.75, 3.05) is 5.75 Å². The molecule has 3 N–H and O–H groups in total. The fourth-order valence-corrected chi connectivity index (χ4v) is 11.7. The molecule has 6 nitrogen and oxygen atoms in total. The van der Waals surface area contributed by atoms with Gasteiger partial charge in [0.25, 0.3) is 0 Å². The van der Waals surface area contributed by atoms with Crippen LogP contribution < -0.4 is 0 Å². The Morgan fingerprint density at radius 3 is 2.53 bits per heavy atom. The van der Waals surface area contributed by atoms with Gasteiger partial charge in [-0.25, -0.2) is 4.98 Å². The van der Waals surface area contributed by atoms with Crippen LogP contribution >= 0.6 is 11.8 Å². The topological polar surface area (TPSA) is 99.1 Å². The molecule has 206 valence electrons. The quantitative estimate of drug-likeness (QED) is 0.332. The van der Waals surface area contributed by atoms with Crippen LogP contribution in [0.25, 0.3) is 0 Å². The van der Waals surface area contributed by atoms with E-state index in [1.807, 2.05) is 0 Å². The Morgan fingerprint density at radius 2 is 1.76 bits per heavy atom. The van der Waals surface area contributed by atoms with E-state index in [4.69, 9.17) is 0 Å². The number of carbonyl (C=O) groups excluding carboxylic acids is 1. The SMILES string of the molecule is CC12CCC(O)CC13C=CC1(C(C(=O)C4CCCCC4)=C3)C2CCC2(C)C1CCC2(O)CSc1ncn[nH]1. The number of H-pyrrole nitrogens is 1. The Labute approximate surface area is 230 Å². The van der Waals surface area contributed by atoms with E-state index >= 15 is 0 Å². The van der Waals surface area contributed by atoms with Gasteiger partial charge in [-0.3, -0.25) is 9.89 Å². The van der Waals surface area contributed by atoms with E-state index in [0.29, 0.717) is 17.5 Å². The number of aromatic nitrogens is 3. The van der Waals surface area contributed by atoms with E-state index in [-0.39, 0.29) is 39.6 Å². The number of ketones is 1. The molecule has 2 spiro atoms. The zero-order valence-corrected chi connectivity index (χ0v) is 23.7. The second-order valence-electron chi connectivity index (χ2n) is 14.1. The van der Waals surface area contributed by atoms with Gasteiger partial charge in [-0.2, -0.15) is 5.10 Å². The number of fused-ring (bicyclic) bond motifs is 1. The maximum atomic E-state index is 14.5. The number of carbonyl (C=O) groups is 1. The molecule has 8 atom stereocenters. The third-order valence-electron chi connectivity index (χ3n) is 12.8. The Bertz CT molecular complexity index is 1180. The molecule has 0 saturated heterocycles. The number of aromatic amines is 1. The van der Waals surface area contributed by atoms with Crippen LogP contribution in [0.3, 0.4) is 0 Å². The maximum Gasteiger partial charge on any atom is 0.183 e. The van der Waals surface area contributed by atoms with Gasteiger partial charge in [0, 0.05) is 33.5 Å². The van der Waals surface area contributed by atoms with Crippen molar-refractivity contribution in [1.82, 2.24) is 15.2 Å². The van der Waals surface area contributed by atoms with E-state index in [1.54, 1.807) is 11.8 Å². The van der Waals surface area contributed by atoms with Crippen molar-refractivity contribution in [2.45, 2.75) is 108 Å². The molecule has 0 radical (unpaired) electrons. The molecule has 8 rings (SSSR count). The second-order valence-corrected chi connectivity index (χ2v) is 15.1. The van der Waals surface area contributed by atoms with E-state index < -0.39 is 5.60 Å². The first-order valence-electron chi connectivity index (χ1n) is 15.0. The number of hydrogen-bond acceptors (Lipinski definition) is 6. The number of aliphatic hydroxyl groups excluding tert-OH is 1. The van der Waals surface area contributed by atoms with Gasteiger partial charge in [-0.15, -0.1) is 0 Å². The van der Waals surface area contributed by atoms with Crippen molar-refractivity contribution >= 4 is 17.5 Å². The van der Waals surface area contributed by atoms with E-state index in [0.717, 1.165) is 81.4 Å². The van der Waals surface area contributed by atoms with Crippen molar-refractivity contribution in [2.24, 2.45) is 39.4 Å². The first-order valence-corrected chi connectivity index (χ1v) is 16.0. The van der Waals surface area contributed by atoms with Crippen LogP contribution in [0, 0.1) is 39.4 Å². The van der Waals surface area contributed by atoms with Gasteiger partial charge in [0.2, 0.25) is 0 Å². The smallest absolute Gasteiger partial charge is 0.183 e. The summed E-state index contributed by atoms with van der Waals surface area (Å²) in [6, 6.07) is 0. The highest BCUT2D eigenvalue weighted by Gasteiger charge is 2.74. The summed E-state index contributed by atoms with van der Waals surface area (Å²) in [5.41, 5.74) is -0.560. The number of nitrogens with zero attached hydrogens (tertiary/aromatic N) is 2. The summed E-state index contributed by atoms with van der Waals surface area (Å²) in [6.45, 7) is 4.78. The van der Waals surface area contributed by atoms with Gasteiger partial charge in [0.15, 0.2) is 10.9 Å². The molecule has 7 aliphatic rings. The average Bonchev–Trinajstić information content (AvgIpc) is 3.54. The van der Waals surface area contributed by atoms with E-state index in [2.05, 4.69) is 47.3 Å². The lowest BCUT2D eigenvalue weighted by atomic mass is 9.32. The molecule has 4 fully saturated rings. The monoisotopic (exact) mass is 537 g/mol. The number of allylic oxidation sites excluding steroid dienone is 4. The lowest BCUT2D eigenvalue weighted by Gasteiger charge is -2.71. The third-order valence-corrected chi connectivity index (χ3v) is 13.9. The second kappa shape index (κ2) is 8.53. The van der Waals surface area contributed by atoms with Crippen LogP contribution in [-0.2, 0) is 4.79 Å². The molecule has 0 aromatic carbocycles. The molecular weight excluding hydrogens is 494 g/mol. The number of nitrogens with one attached hydrogen (secondary N) is 1. The van der Waals surface area contributed by atoms with Crippen LogP contribution in [-0.4, -0.2) is 48.6 Å². The van der Waals surface area contributed by atoms with Crippen molar-refractivity contribution in [3.63, 3.8) is 0 Å². The molecule has 4 saturated carbocycles. The Hall–Kier alpha value is -1.44. The van der Waals surface area contributed by atoms with Crippen LogP contribution in [0.15, 0.2) is 35.3 Å². The van der Waals surface area contributed by atoms with Gasteiger partial charge in [0.1, 0.15) is 6.33 Å². The summed E-state index contributed by atoms with van der Waals surface area (Å²) in [6.07, 6.45) is 20.3. The molecule has 2 bridgehead atoms. The third kappa shape index (κ3) is 3.18. The number of Topliss-reactive ketones (excluding diaryl/α,β-unsaturated/α-hetero) is 1. The van der Waals surface area contributed by atoms with Crippen molar-refractivity contribution in [1.29, 1.82) is 0 Å². The highest BCUT2D eigenvalue weighted by molar-refractivity contribution is 7.99. The Morgan fingerprint density at radius 1 is 1.03 bits per heavy atom. The molecule has 0 amide bonds. The number of thioether (sulfide) groups is 1. The van der Waals surface area contributed by atoms with Gasteiger partial charge >= 0.3 is 0 Å². The first-order chi connectivity index (χ1) is 18.2. The predicted molar refractivity (Wildman–Crippen MR) is 147 cm³/mol. The highest BCUT2D eigenvalue weighted by Crippen LogP contribution is 2.78. The zero-order valence-electron chi connectivity index (χ0n) is 22.9. The van der Waals surface area contributed by atoms with Crippen molar-refractivity contribution < 1.29 is 15.0 Å². The summed E-state index contributed by atoms with van der Waals surface area (Å²) in [5.74, 6) is 1.71. The Balaban J connectivity index is 1.33. The molecule has 8 unspecified atom stereocenters. The molecule has 1 aromatic rings. The standard InChI is InChI=1S/C31H43N3O3S/c1-27-11-8-21(35)16-29(27)14-15-31(22(17-29)25(36)20-6-4-3-5-7-20)23(27)9-12-28(2)24(31)10-13-30(28,37)18-38-26-32-19-33-34-26/h14-15,17,19-21,23-24,35,37H,3-13,16,18H2,1-2H3,(H,32,33,34). The number of rotatable bonds is 5. The van der Waals surface area contributed by atoms with Crippen LogP contribution in [0.4, 0.5) is 0 Å². The molecule has 1 heterocycles. The molecule has 7 aliphatic carbocycles. The zero-order chi connectivity index (χ0) is 26.4. The van der Waals surface area contributed by atoms with Crippen molar-refractivity contribution in [3.05, 3.63) is 30.1 Å².